The smallest absolute Gasteiger partial charge is 0.241 e. The van der Waals surface area contributed by atoms with Gasteiger partial charge in [0, 0.05) is 11.5 Å². The van der Waals surface area contributed by atoms with Gasteiger partial charge in [-0.1, -0.05) is 18.1 Å². The van der Waals surface area contributed by atoms with Crippen LogP contribution in [0.4, 0.5) is 0 Å². The van der Waals surface area contributed by atoms with E-state index in [9.17, 15) is 4.79 Å². The predicted molar refractivity (Wildman–Crippen MR) is 135 cm³/mol. The molecule has 0 aliphatic carbocycles. The molecule has 0 bridgehead atoms. The SMILES string of the molecule is CCC(NC(=O)C1CCN(Cc2nc(-c3ccc(OC)cc3)no2)CC1)c1ccc(OC)c(OC)c1. The van der Waals surface area contributed by atoms with Gasteiger partial charge in [0.2, 0.25) is 17.6 Å². The van der Waals surface area contributed by atoms with Crippen molar-refractivity contribution in [2.45, 2.75) is 38.8 Å². The van der Waals surface area contributed by atoms with Crippen LogP contribution in [0, 0.1) is 5.92 Å². The van der Waals surface area contributed by atoms with Gasteiger partial charge in [-0.3, -0.25) is 9.69 Å². The Morgan fingerprint density at radius 2 is 1.78 bits per heavy atom. The first-order chi connectivity index (χ1) is 17.5. The summed E-state index contributed by atoms with van der Waals surface area (Å²) in [5, 5.41) is 7.34. The Morgan fingerprint density at radius 1 is 1.06 bits per heavy atom. The third-order valence-corrected chi connectivity index (χ3v) is 6.67. The van der Waals surface area contributed by atoms with E-state index in [-0.39, 0.29) is 17.9 Å². The molecule has 1 aliphatic heterocycles. The average molecular weight is 495 g/mol. The summed E-state index contributed by atoms with van der Waals surface area (Å²) in [4.78, 5) is 19.8. The van der Waals surface area contributed by atoms with Crippen LogP contribution >= 0.6 is 0 Å². The molecule has 1 fully saturated rings. The molecule has 0 spiro atoms. The highest BCUT2D eigenvalue weighted by atomic mass is 16.5. The fourth-order valence-electron chi connectivity index (χ4n) is 4.50. The molecule has 9 heteroatoms. The molecule has 192 valence electrons. The van der Waals surface area contributed by atoms with Crippen LogP contribution in [-0.4, -0.2) is 55.4 Å². The third kappa shape index (κ3) is 5.96. The first-order valence-corrected chi connectivity index (χ1v) is 12.3. The molecule has 4 rings (SSSR count). The van der Waals surface area contributed by atoms with Gasteiger partial charge in [0.25, 0.3) is 0 Å². The minimum Gasteiger partial charge on any atom is -0.497 e. The fourth-order valence-corrected chi connectivity index (χ4v) is 4.50. The standard InChI is InChI=1S/C27H34N4O5/c1-5-22(20-8-11-23(34-3)24(16-20)35-4)28-27(32)19-12-14-31(15-13-19)17-25-29-26(30-36-25)18-6-9-21(33-2)10-7-18/h6-11,16,19,22H,5,12-15,17H2,1-4H3,(H,28,32). The van der Waals surface area contributed by atoms with Gasteiger partial charge in [0.15, 0.2) is 11.5 Å². The number of amides is 1. The number of carbonyl (C=O) groups excluding carboxylic acids is 1. The van der Waals surface area contributed by atoms with E-state index in [4.69, 9.17) is 18.7 Å². The summed E-state index contributed by atoms with van der Waals surface area (Å²) in [5.41, 5.74) is 1.88. The van der Waals surface area contributed by atoms with Crippen molar-refractivity contribution < 1.29 is 23.5 Å². The second-order valence-corrected chi connectivity index (χ2v) is 8.87. The monoisotopic (exact) mass is 494 g/mol. The molecule has 1 atom stereocenters. The Kier molecular flexibility index (Phi) is 8.43. The van der Waals surface area contributed by atoms with Crippen LogP contribution in [0.5, 0.6) is 17.2 Å². The lowest BCUT2D eigenvalue weighted by Gasteiger charge is -2.31. The lowest BCUT2D eigenvalue weighted by molar-refractivity contribution is -0.127. The first-order valence-electron chi connectivity index (χ1n) is 12.3. The molecule has 3 aromatic rings. The molecule has 2 heterocycles. The van der Waals surface area contributed by atoms with Crippen molar-refractivity contribution in [1.29, 1.82) is 0 Å². The highest BCUT2D eigenvalue weighted by molar-refractivity contribution is 5.79. The molecule has 36 heavy (non-hydrogen) atoms. The van der Waals surface area contributed by atoms with Gasteiger partial charge in [-0.15, -0.1) is 0 Å². The van der Waals surface area contributed by atoms with E-state index in [1.165, 1.54) is 0 Å². The number of rotatable bonds is 10. The molecule has 2 aromatic carbocycles. The lowest BCUT2D eigenvalue weighted by Crippen LogP contribution is -2.41. The van der Waals surface area contributed by atoms with E-state index in [0.29, 0.717) is 29.8 Å². The summed E-state index contributed by atoms with van der Waals surface area (Å²) in [5.74, 6) is 3.32. The van der Waals surface area contributed by atoms with Crippen molar-refractivity contribution in [2.75, 3.05) is 34.4 Å². The largest absolute Gasteiger partial charge is 0.497 e. The second kappa shape index (κ2) is 11.9. The Labute approximate surface area is 211 Å². The summed E-state index contributed by atoms with van der Waals surface area (Å²) >= 11 is 0. The lowest BCUT2D eigenvalue weighted by atomic mass is 9.94. The summed E-state index contributed by atoms with van der Waals surface area (Å²) in [6.07, 6.45) is 2.36. The number of nitrogens with one attached hydrogen (secondary N) is 1. The van der Waals surface area contributed by atoms with Gasteiger partial charge in [0.05, 0.1) is 33.9 Å². The molecule has 0 saturated carbocycles. The maximum Gasteiger partial charge on any atom is 0.241 e. The Hall–Kier alpha value is -3.59. The molecular weight excluding hydrogens is 460 g/mol. The number of carbonyl (C=O) groups is 1. The van der Waals surface area contributed by atoms with E-state index >= 15 is 0 Å². The predicted octanol–water partition coefficient (Wildman–Crippen LogP) is 4.24. The normalized spacial score (nSPS) is 15.3. The highest BCUT2D eigenvalue weighted by Crippen LogP contribution is 2.31. The van der Waals surface area contributed by atoms with Crippen molar-refractivity contribution in [2.24, 2.45) is 5.92 Å². The molecule has 0 radical (unpaired) electrons. The summed E-state index contributed by atoms with van der Waals surface area (Å²) in [6, 6.07) is 13.3. The molecule has 1 N–H and O–H groups in total. The van der Waals surface area contributed by atoms with E-state index in [0.717, 1.165) is 49.2 Å². The Morgan fingerprint density at radius 3 is 2.42 bits per heavy atom. The molecule has 1 unspecified atom stereocenters. The number of hydrogen-bond acceptors (Lipinski definition) is 8. The average Bonchev–Trinajstić information content (AvgIpc) is 3.40. The zero-order valence-electron chi connectivity index (χ0n) is 21.3. The number of piperidine rings is 1. The fraction of sp³-hybridized carbons (Fsp3) is 0.444. The summed E-state index contributed by atoms with van der Waals surface area (Å²) in [6.45, 7) is 4.23. The first kappa shape index (κ1) is 25.5. The Bertz CT molecular complexity index is 1140. The number of ether oxygens (including phenoxy) is 3. The van der Waals surface area contributed by atoms with Gasteiger partial charge >= 0.3 is 0 Å². The summed E-state index contributed by atoms with van der Waals surface area (Å²) < 4.78 is 21.4. The van der Waals surface area contributed by atoms with Crippen molar-refractivity contribution in [3.8, 4) is 28.6 Å². The molecule has 1 saturated heterocycles. The molecule has 1 amide bonds. The van der Waals surface area contributed by atoms with Crippen LogP contribution in [0.2, 0.25) is 0 Å². The Balaban J connectivity index is 1.29. The van der Waals surface area contributed by atoms with Crippen LogP contribution in [0.1, 0.15) is 43.7 Å². The van der Waals surface area contributed by atoms with Gasteiger partial charge in [0.1, 0.15) is 5.75 Å². The molecule has 9 nitrogen and oxygen atoms in total. The maximum absolute atomic E-state index is 13.1. The number of hydrogen-bond donors (Lipinski definition) is 1. The number of methoxy groups -OCH3 is 3. The molecule has 1 aromatic heterocycles. The van der Waals surface area contributed by atoms with E-state index in [2.05, 4.69) is 27.3 Å². The zero-order chi connectivity index (χ0) is 25.5. The topological polar surface area (TPSA) is 99.0 Å². The second-order valence-electron chi connectivity index (χ2n) is 8.87. The van der Waals surface area contributed by atoms with Crippen molar-refractivity contribution >= 4 is 5.91 Å². The number of nitrogens with zero attached hydrogens (tertiary/aromatic N) is 3. The van der Waals surface area contributed by atoms with Gasteiger partial charge in [-0.25, -0.2) is 0 Å². The van der Waals surface area contributed by atoms with Gasteiger partial charge in [-0.05, 0) is 74.3 Å². The van der Waals surface area contributed by atoms with E-state index in [1.54, 1.807) is 21.3 Å². The summed E-state index contributed by atoms with van der Waals surface area (Å²) in [7, 11) is 4.86. The van der Waals surface area contributed by atoms with Crippen LogP contribution in [0.15, 0.2) is 47.0 Å². The van der Waals surface area contributed by atoms with Gasteiger partial charge in [-0.2, -0.15) is 4.98 Å². The molecular formula is C27H34N4O5. The number of aromatic nitrogens is 2. The minimum atomic E-state index is -0.0786. The highest BCUT2D eigenvalue weighted by Gasteiger charge is 2.27. The minimum absolute atomic E-state index is 0.0204. The van der Waals surface area contributed by atoms with Crippen molar-refractivity contribution in [3.05, 3.63) is 53.9 Å². The van der Waals surface area contributed by atoms with Crippen LogP contribution in [-0.2, 0) is 11.3 Å². The van der Waals surface area contributed by atoms with Crippen LogP contribution in [0.3, 0.4) is 0 Å². The van der Waals surface area contributed by atoms with Crippen LogP contribution in [0.25, 0.3) is 11.4 Å². The quantitative estimate of drug-likeness (QED) is 0.447. The van der Waals surface area contributed by atoms with E-state index < -0.39 is 0 Å². The zero-order valence-corrected chi connectivity index (χ0v) is 21.3. The maximum atomic E-state index is 13.1. The van der Waals surface area contributed by atoms with Gasteiger partial charge < -0.3 is 24.1 Å². The van der Waals surface area contributed by atoms with E-state index in [1.807, 2.05) is 42.5 Å². The van der Waals surface area contributed by atoms with Crippen molar-refractivity contribution in [3.63, 3.8) is 0 Å². The molecule has 1 aliphatic rings. The number of benzene rings is 2. The van der Waals surface area contributed by atoms with Crippen LogP contribution < -0.4 is 19.5 Å². The third-order valence-electron chi connectivity index (χ3n) is 6.67. The number of likely N-dealkylation sites (tertiary alicyclic amines) is 1. The van der Waals surface area contributed by atoms with Crippen molar-refractivity contribution in [1.82, 2.24) is 20.4 Å².